The summed E-state index contributed by atoms with van der Waals surface area (Å²) in [6, 6.07) is 12.4. The molecular weight excluding hydrogens is 389 g/mol. The maximum absolute atomic E-state index is 14.4. The number of pyridine rings is 1. The van der Waals surface area contributed by atoms with Gasteiger partial charge in [-0.05, 0) is 49.1 Å². The van der Waals surface area contributed by atoms with E-state index in [0.717, 1.165) is 12.8 Å². The van der Waals surface area contributed by atoms with Crippen molar-refractivity contribution in [1.82, 2.24) is 4.98 Å². The van der Waals surface area contributed by atoms with Crippen molar-refractivity contribution in [2.45, 2.75) is 29.6 Å². The number of benzene rings is 2. The van der Waals surface area contributed by atoms with Crippen molar-refractivity contribution in [3.8, 4) is 6.07 Å². The van der Waals surface area contributed by atoms with Gasteiger partial charge in [-0.2, -0.15) is 5.26 Å². The molecule has 29 heavy (non-hydrogen) atoms. The van der Waals surface area contributed by atoms with E-state index in [1.807, 2.05) is 11.0 Å². The summed E-state index contributed by atoms with van der Waals surface area (Å²) < 4.78 is 41.3. The minimum absolute atomic E-state index is 0.0647. The molecule has 1 saturated heterocycles. The zero-order valence-electron chi connectivity index (χ0n) is 16.0. The molecular formula is C22H20FN3O2S. The van der Waals surface area contributed by atoms with E-state index in [1.165, 1.54) is 36.5 Å². The molecule has 4 rings (SSSR count). The van der Waals surface area contributed by atoms with Gasteiger partial charge in [0, 0.05) is 24.7 Å². The second-order valence-corrected chi connectivity index (χ2v) is 9.33. The van der Waals surface area contributed by atoms with Crippen LogP contribution >= 0.6 is 0 Å². The molecule has 1 aliphatic rings. The average Bonchev–Trinajstić information content (AvgIpc) is 2.74. The maximum Gasteiger partial charge on any atom is 0.210 e. The molecule has 0 saturated carbocycles. The monoisotopic (exact) mass is 409 g/mol. The lowest BCUT2D eigenvalue weighted by molar-refractivity contribution is 0.437. The summed E-state index contributed by atoms with van der Waals surface area (Å²) in [5.74, 6) is 0.0890. The standard InChI is InChI=1S/C22H20FN3O2S/c1-15-9-11-26(12-10-15)22-18-3-2-4-19(23)21(18)25-14-20(22)29(27,28)17-7-5-16(13-24)6-8-17/h2-8,14-15H,9-12H2,1H3. The van der Waals surface area contributed by atoms with Crippen molar-refractivity contribution in [3.05, 3.63) is 60.0 Å². The van der Waals surface area contributed by atoms with E-state index < -0.39 is 15.7 Å². The second-order valence-electron chi connectivity index (χ2n) is 7.42. The van der Waals surface area contributed by atoms with Crippen LogP contribution in [-0.2, 0) is 9.84 Å². The number of aromatic nitrogens is 1. The van der Waals surface area contributed by atoms with Crippen LogP contribution in [0.4, 0.5) is 10.1 Å². The van der Waals surface area contributed by atoms with Gasteiger partial charge in [0.2, 0.25) is 9.84 Å². The molecule has 3 aromatic rings. The average molecular weight is 409 g/mol. The van der Waals surface area contributed by atoms with Gasteiger partial charge in [0.05, 0.1) is 22.2 Å². The Bertz CT molecular complexity index is 1210. The molecule has 1 aromatic heterocycles. The van der Waals surface area contributed by atoms with Crippen molar-refractivity contribution in [2.24, 2.45) is 5.92 Å². The summed E-state index contributed by atoms with van der Waals surface area (Å²) in [4.78, 5) is 6.32. The highest BCUT2D eigenvalue weighted by atomic mass is 32.2. The summed E-state index contributed by atoms with van der Waals surface area (Å²) in [5.41, 5.74) is 1.05. The first kappa shape index (κ1) is 19.3. The van der Waals surface area contributed by atoms with Gasteiger partial charge >= 0.3 is 0 Å². The molecule has 148 valence electrons. The van der Waals surface area contributed by atoms with Crippen LogP contribution in [0.5, 0.6) is 0 Å². The van der Waals surface area contributed by atoms with Crippen LogP contribution in [0.1, 0.15) is 25.3 Å². The summed E-state index contributed by atoms with van der Waals surface area (Å²) in [6.07, 6.45) is 3.14. The molecule has 0 atom stereocenters. The number of para-hydroxylation sites is 1. The first-order valence-corrected chi connectivity index (χ1v) is 11.0. The van der Waals surface area contributed by atoms with Crippen LogP contribution in [0.3, 0.4) is 0 Å². The van der Waals surface area contributed by atoms with E-state index in [0.29, 0.717) is 35.6 Å². The number of anilines is 1. The minimum Gasteiger partial charge on any atom is -0.370 e. The highest BCUT2D eigenvalue weighted by Gasteiger charge is 2.29. The molecule has 5 nitrogen and oxygen atoms in total. The van der Waals surface area contributed by atoms with Crippen molar-refractivity contribution >= 4 is 26.4 Å². The Labute approximate surface area is 169 Å². The Morgan fingerprint density at radius 1 is 1.14 bits per heavy atom. The molecule has 0 bridgehead atoms. The molecule has 0 aliphatic carbocycles. The Balaban J connectivity index is 1.93. The Kier molecular flexibility index (Phi) is 4.97. The minimum atomic E-state index is -3.90. The number of nitrogens with zero attached hydrogens (tertiary/aromatic N) is 3. The quantitative estimate of drug-likeness (QED) is 0.644. The summed E-state index contributed by atoms with van der Waals surface area (Å²) in [7, 11) is -3.90. The van der Waals surface area contributed by atoms with Gasteiger partial charge in [-0.1, -0.05) is 19.1 Å². The number of rotatable bonds is 3. The van der Waals surface area contributed by atoms with Gasteiger partial charge in [0.1, 0.15) is 16.2 Å². The van der Waals surface area contributed by atoms with Gasteiger partial charge in [-0.25, -0.2) is 12.8 Å². The molecule has 0 amide bonds. The maximum atomic E-state index is 14.4. The van der Waals surface area contributed by atoms with E-state index in [4.69, 9.17) is 5.26 Å². The van der Waals surface area contributed by atoms with Crippen LogP contribution < -0.4 is 4.90 Å². The third-order valence-corrected chi connectivity index (χ3v) is 7.24. The predicted octanol–water partition coefficient (Wildman–Crippen LogP) is 4.31. The number of fused-ring (bicyclic) bond motifs is 1. The van der Waals surface area contributed by atoms with Crippen LogP contribution in [0, 0.1) is 23.1 Å². The molecule has 0 radical (unpaired) electrons. The highest BCUT2D eigenvalue weighted by Crippen LogP contribution is 2.38. The first-order valence-electron chi connectivity index (χ1n) is 9.49. The lowest BCUT2D eigenvalue weighted by atomic mass is 9.98. The van der Waals surface area contributed by atoms with Gasteiger partial charge in [-0.15, -0.1) is 0 Å². The van der Waals surface area contributed by atoms with Crippen LogP contribution in [-0.4, -0.2) is 26.5 Å². The van der Waals surface area contributed by atoms with E-state index in [9.17, 15) is 12.8 Å². The second kappa shape index (κ2) is 7.45. The number of halogens is 1. The van der Waals surface area contributed by atoms with E-state index in [-0.39, 0.29) is 15.3 Å². The zero-order valence-corrected chi connectivity index (χ0v) is 16.8. The van der Waals surface area contributed by atoms with E-state index in [1.54, 1.807) is 12.1 Å². The zero-order chi connectivity index (χ0) is 20.6. The molecule has 0 unspecified atom stereocenters. The third-order valence-electron chi connectivity index (χ3n) is 5.47. The Morgan fingerprint density at radius 3 is 2.48 bits per heavy atom. The normalized spacial score (nSPS) is 15.4. The molecule has 2 heterocycles. The van der Waals surface area contributed by atoms with Crippen molar-refractivity contribution in [1.29, 1.82) is 5.26 Å². The Hall–Kier alpha value is -2.98. The van der Waals surface area contributed by atoms with Gasteiger partial charge in [0.25, 0.3) is 0 Å². The third kappa shape index (κ3) is 3.45. The number of hydrogen-bond acceptors (Lipinski definition) is 5. The van der Waals surface area contributed by atoms with Crippen LogP contribution in [0.25, 0.3) is 10.9 Å². The van der Waals surface area contributed by atoms with Gasteiger partial charge in [-0.3, -0.25) is 4.98 Å². The van der Waals surface area contributed by atoms with Gasteiger partial charge in [0.15, 0.2) is 0 Å². The largest absolute Gasteiger partial charge is 0.370 e. The summed E-state index contributed by atoms with van der Waals surface area (Å²) in [5, 5.41) is 9.47. The van der Waals surface area contributed by atoms with Crippen LogP contribution in [0.15, 0.2) is 58.5 Å². The number of sulfone groups is 1. The predicted molar refractivity (Wildman–Crippen MR) is 109 cm³/mol. The fourth-order valence-electron chi connectivity index (χ4n) is 3.75. The topological polar surface area (TPSA) is 74.1 Å². The van der Waals surface area contributed by atoms with Crippen molar-refractivity contribution < 1.29 is 12.8 Å². The van der Waals surface area contributed by atoms with Crippen molar-refractivity contribution in [3.63, 3.8) is 0 Å². The smallest absolute Gasteiger partial charge is 0.210 e. The van der Waals surface area contributed by atoms with Crippen LogP contribution in [0.2, 0.25) is 0 Å². The molecule has 2 aromatic carbocycles. The number of nitriles is 1. The molecule has 1 fully saturated rings. The lowest BCUT2D eigenvalue weighted by Gasteiger charge is -2.34. The molecule has 7 heteroatoms. The van der Waals surface area contributed by atoms with Crippen molar-refractivity contribution in [2.75, 3.05) is 18.0 Å². The molecule has 0 spiro atoms. The van der Waals surface area contributed by atoms with E-state index >= 15 is 0 Å². The molecule has 1 aliphatic heterocycles. The van der Waals surface area contributed by atoms with Gasteiger partial charge < -0.3 is 4.90 Å². The number of hydrogen-bond donors (Lipinski definition) is 0. The first-order chi connectivity index (χ1) is 13.9. The fraction of sp³-hybridized carbons (Fsp3) is 0.273. The SMILES string of the molecule is CC1CCN(c2c(S(=O)(=O)c3ccc(C#N)cc3)cnc3c(F)cccc23)CC1. The summed E-state index contributed by atoms with van der Waals surface area (Å²) >= 11 is 0. The fourth-order valence-corrected chi connectivity index (χ4v) is 5.18. The van der Waals surface area contributed by atoms with E-state index in [2.05, 4.69) is 11.9 Å². The Morgan fingerprint density at radius 2 is 1.83 bits per heavy atom. The lowest BCUT2D eigenvalue weighted by Crippen LogP contribution is -2.34. The number of piperidine rings is 1. The summed E-state index contributed by atoms with van der Waals surface area (Å²) in [6.45, 7) is 3.58. The molecule has 0 N–H and O–H groups in total. The highest BCUT2D eigenvalue weighted by molar-refractivity contribution is 7.91.